The van der Waals surface area contributed by atoms with Crippen molar-refractivity contribution in [1.29, 1.82) is 0 Å². The maximum absolute atomic E-state index is 12.4. The van der Waals surface area contributed by atoms with Crippen LogP contribution in [0, 0.1) is 5.92 Å². The fourth-order valence-electron chi connectivity index (χ4n) is 2.33. The minimum atomic E-state index is -0.790. The van der Waals surface area contributed by atoms with Gasteiger partial charge in [-0.3, -0.25) is 4.79 Å². The molecule has 6 heteroatoms. The van der Waals surface area contributed by atoms with E-state index in [1.165, 1.54) is 0 Å². The van der Waals surface area contributed by atoms with E-state index in [9.17, 15) is 9.59 Å². The first-order chi connectivity index (χ1) is 9.47. The van der Waals surface area contributed by atoms with Gasteiger partial charge in [0.25, 0.3) is 0 Å². The lowest BCUT2D eigenvalue weighted by atomic mass is 9.97. The highest BCUT2D eigenvalue weighted by atomic mass is 32.1. The van der Waals surface area contributed by atoms with Crippen molar-refractivity contribution < 1.29 is 14.7 Å². The molecule has 1 fully saturated rings. The number of carbonyl (C=O) groups is 2. The number of aliphatic carboxylic acids is 1. The molecule has 1 aliphatic heterocycles. The monoisotopic (exact) mass is 296 g/mol. The molecule has 1 N–H and O–H groups in total. The van der Waals surface area contributed by atoms with Gasteiger partial charge in [-0.1, -0.05) is 6.07 Å². The number of nitrogens with zero attached hydrogens (tertiary/aromatic N) is 2. The summed E-state index contributed by atoms with van der Waals surface area (Å²) in [6.07, 6.45) is 0.149. The van der Waals surface area contributed by atoms with Crippen molar-refractivity contribution in [3.05, 3.63) is 22.4 Å². The minimum absolute atomic E-state index is 0.00930. The van der Waals surface area contributed by atoms with Crippen LogP contribution >= 0.6 is 11.3 Å². The van der Waals surface area contributed by atoms with Crippen LogP contribution in [0.5, 0.6) is 0 Å². The van der Waals surface area contributed by atoms with E-state index in [0.717, 1.165) is 4.88 Å². The Kier molecular flexibility index (Phi) is 4.65. The van der Waals surface area contributed by atoms with Crippen molar-refractivity contribution in [3.8, 4) is 0 Å². The van der Waals surface area contributed by atoms with E-state index in [4.69, 9.17) is 5.11 Å². The summed E-state index contributed by atoms with van der Waals surface area (Å²) < 4.78 is 0. The molecule has 0 spiro atoms. The molecule has 0 radical (unpaired) electrons. The highest BCUT2D eigenvalue weighted by Gasteiger charge is 2.35. The topological polar surface area (TPSA) is 60.9 Å². The summed E-state index contributed by atoms with van der Waals surface area (Å²) in [5.41, 5.74) is 0. The van der Waals surface area contributed by atoms with E-state index in [1.807, 2.05) is 36.3 Å². The second-order valence-electron chi connectivity index (χ2n) is 5.45. The Morgan fingerprint density at radius 2 is 2.20 bits per heavy atom. The number of urea groups is 1. The fourth-order valence-corrected chi connectivity index (χ4v) is 3.03. The number of amides is 2. The first-order valence-electron chi connectivity index (χ1n) is 6.77. The number of hydrogen-bond acceptors (Lipinski definition) is 3. The average Bonchev–Trinajstić information content (AvgIpc) is 2.81. The van der Waals surface area contributed by atoms with Crippen molar-refractivity contribution in [1.82, 2.24) is 9.80 Å². The maximum atomic E-state index is 12.4. The van der Waals surface area contributed by atoms with Crippen LogP contribution < -0.4 is 0 Å². The summed E-state index contributed by atoms with van der Waals surface area (Å²) in [6, 6.07) is 4.14. The van der Waals surface area contributed by atoms with Gasteiger partial charge in [-0.05, 0) is 25.3 Å². The Balaban J connectivity index is 1.90. The zero-order chi connectivity index (χ0) is 14.7. The highest BCUT2D eigenvalue weighted by molar-refractivity contribution is 7.09. The normalized spacial score (nSPS) is 15.2. The van der Waals surface area contributed by atoms with Crippen LogP contribution in [0.2, 0.25) is 0 Å². The van der Waals surface area contributed by atoms with Crippen LogP contribution in [0.3, 0.4) is 0 Å². The average molecular weight is 296 g/mol. The zero-order valence-corrected chi connectivity index (χ0v) is 12.6. The standard InChI is InChI=1S/C14H20N2O3S/c1-10(2)16(9-12-4-3-5-20-12)14(19)15-7-11(8-15)6-13(17)18/h3-5,10-11H,6-9H2,1-2H3,(H,17,18). The number of thiophene rings is 1. The molecule has 1 aromatic rings. The van der Waals surface area contributed by atoms with E-state index in [0.29, 0.717) is 19.6 Å². The minimum Gasteiger partial charge on any atom is -0.481 e. The number of hydrogen-bond donors (Lipinski definition) is 1. The van der Waals surface area contributed by atoms with Crippen molar-refractivity contribution in [3.63, 3.8) is 0 Å². The van der Waals surface area contributed by atoms with Gasteiger partial charge in [-0.2, -0.15) is 0 Å². The molecule has 2 rings (SSSR count). The van der Waals surface area contributed by atoms with Gasteiger partial charge in [0.1, 0.15) is 0 Å². The van der Waals surface area contributed by atoms with Gasteiger partial charge >= 0.3 is 12.0 Å². The number of carboxylic acids is 1. The molecule has 0 aliphatic carbocycles. The first kappa shape index (κ1) is 14.8. The third-order valence-electron chi connectivity index (χ3n) is 3.47. The van der Waals surface area contributed by atoms with E-state index in [2.05, 4.69) is 0 Å². The van der Waals surface area contributed by atoms with Crippen molar-refractivity contribution in [2.75, 3.05) is 13.1 Å². The summed E-state index contributed by atoms with van der Waals surface area (Å²) in [7, 11) is 0. The summed E-state index contributed by atoms with van der Waals surface area (Å²) in [5, 5.41) is 10.7. The second kappa shape index (κ2) is 6.26. The summed E-state index contributed by atoms with van der Waals surface area (Å²) >= 11 is 1.64. The van der Waals surface area contributed by atoms with Crippen LogP contribution in [-0.4, -0.2) is 46.0 Å². The molecule has 110 valence electrons. The lowest BCUT2D eigenvalue weighted by Gasteiger charge is -2.42. The van der Waals surface area contributed by atoms with Crippen molar-refractivity contribution in [2.45, 2.75) is 32.9 Å². The molecule has 0 aromatic carbocycles. The Morgan fingerprint density at radius 3 is 2.70 bits per heavy atom. The van der Waals surface area contributed by atoms with E-state index in [-0.39, 0.29) is 24.4 Å². The quantitative estimate of drug-likeness (QED) is 0.908. The van der Waals surface area contributed by atoms with Crippen LogP contribution in [0.1, 0.15) is 25.1 Å². The SMILES string of the molecule is CC(C)N(Cc1cccs1)C(=O)N1CC(CC(=O)O)C1. The van der Waals surface area contributed by atoms with Crippen LogP contribution in [0.25, 0.3) is 0 Å². The van der Waals surface area contributed by atoms with Crippen LogP contribution in [0.15, 0.2) is 17.5 Å². The molecule has 2 heterocycles. The smallest absolute Gasteiger partial charge is 0.320 e. The number of likely N-dealkylation sites (tertiary alicyclic amines) is 1. The maximum Gasteiger partial charge on any atom is 0.320 e. The molecule has 0 bridgehead atoms. The molecule has 20 heavy (non-hydrogen) atoms. The Bertz CT molecular complexity index is 467. The molecule has 2 amide bonds. The second-order valence-corrected chi connectivity index (χ2v) is 6.48. The lowest BCUT2D eigenvalue weighted by Crippen LogP contribution is -2.56. The van der Waals surface area contributed by atoms with Gasteiger partial charge in [0.15, 0.2) is 0 Å². The highest BCUT2D eigenvalue weighted by Crippen LogP contribution is 2.23. The summed E-state index contributed by atoms with van der Waals surface area (Å²) in [6.45, 7) is 5.73. The third kappa shape index (κ3) is 3.50. The number of carboxylic acid groups (broad SMARTS) is 1. The van der Waals surface area contributed by atoms with Crippen molar-refractivity contribution >= 4 is 23.3 Å². The van der Waals surface area contributed by atoms with Crippen LogP contribution in [0.4, 0.5) is 4.79 Å². The van der Waals surface area contributed by atoms with Gasteiger partial charge in [-0.15, -0.1) is 11.3 Å². The zero-order valence-electron chi connectivity index (χ0n) is 11.8. The molecule has 1 aliphatic rings. The largest absolute Gasteiger partial charge is 0.481 e. The number of carbonyl (C=O) groups excluding carboxylic acids is 1. The fraction of sp³-hybridized carbons (Fsp3) is 0.571. The van der Waals surface area contributed by atoms with E-state index in [1.54, 1.807) is 16.2 Å². The van der Waals surface area contributed by atoms with Gasteiger partial charge in [0.2, 0.25) is 0 Å². The van der Waals surface area contributed by atoms with Crippen LogP contribution in [-0.2, 0) is 11.3 Å². The summed E-state index contributed by atoms with van der Waals surface area (Å²) in [5.74, 6) is -0.686. The van der Waals surface area contributed by atoms with E-state index < -0.39 is 5.97 Å². The predicted molar refractivity (Wildman–Crippen MR) is 77.7 cm³/mol. The van der Waals surface area contributed by atoms with E-state index >= 15 is 0 Å². The van der Waals surface area contributed by atoms with Crippen molar-refractivity contribution in [2.24, 2.45) is 5.92 Å². The molecule has 0 unspecified atom stereocenters. The molecular weight excluding hydrogens is 276 g/mol. The Morgan fingerprint density at radius 1 is 1.50 bits per heavy atom. The summed E-state index contributed by atoms with van der Waals surface area (Å²) in [4.78, 5) is 27.8. The Labute approximate surface area is 122 Å². The molecule has 0 atom stereocenters. The molecule has 1 aromatic heterocycles. The van der Waals surface area contributed by atoms with Gasteiger partial charge in [0.05, 0.1) is 13.0 Å². The number of rotatable bonds is 5. The lowest BCUT2D eigenvalue weighted by molar-refractivity contribution is -0.139. The molecular formula is C14H20N2O3S. The van der Waals surface area contributed by atoms with Gasteiger partial charge in [0, 0.05) is 29.9 Å². The first-order valence-corrected chi connectivity index (χ1v) is 7.65. The molecule has 5 nitrogen and oxygen atoms in total. The van der Waals surface area contributed by atoms with Gasteiger partial charge < -0.3 is 14.9 Å². The molecule has 1 saturated heterocycles. The van der Waals surface area contributed by atoms with Gasteiger partial charge in [-0.25, -0.2) is 4.79 Å². The molecule has 0 saturated carbocycles. The Hall–Kier alpha value is -1.56. The predicted octanol–water partition coefficient (Wildman–Crippen LogP) is 2.49. The third-order valence-corrected chi connectivity index (χ3v) is 4.33.